The number of aliphatic hydroxyl groups excluding tert-OH is 6. The van der Waals surface area contributed by atoms with Crippen molar-refractivity contribution in [3.8, 4) is 23.3 Å². The topological polar surface area (TPSA) is 214 Å². The minimum Gasteiger partial charge on any atom is -0.504 e. The van der Waals surface area contributed by atoms with Gasteiger partial charge in [-0.15, -0.1) is 0 Å². The largest absolute Gasteiger partial charge is 0.504 e. The molecule has 3 aromatic carbocycles. The highest BCUT2D eigenvalue weighted by molar-refractivity contribution is 8.76. The Morgan fingerprint density at radius 3 is 2.41 bits per heavy atom. The number of benzene rings is 3. The van der Waals surface area contributed by atoms with Crippen molar-refractivity contribution in [2.75, 3.05) is 37.9 Å². The van der Waals surface area contributed by atoms with Crippen LogP contribution in [0.5, 0.6) is 11.5 Å². The average molecular weight is 1300 g/mol. The van der Waals surface area contributed by atoms with Gasteiger partial charge in [0, 0.05) is 88.5 Å². The van der Waals surface area contributed by atoms with Crippen LogP contribution in [-0.2, 0) is 30.4 Å². The van der Waals surface area contributed by atoms with Crippen molar-refractivity contribution in [2.24, 2.45) is 80.7 Å². The first-order valence-corrected chi connectivity index (χ1v) is 38.2. The Hall–Kier alpha value is -4.92. The van der Waals surface area contributed by atoms with Crippen LogP contribution in [0.3, 0.4) is 0 Å². The molecule has 4 spiro atoms. The lowest BCUT2D eigenvalue weighted by Gasteiger charge is -2.72. The molecule has 9 aliphatic carbocycles. The molecule has 3 heterocycles. The summed E-state index contributed by atoms with van der Waals surface area (Å²) in [5, 5.41) is 89.9. The first-order valence-electron chi connectivity index (χ1n) is 35.8. The van der Waals surface area contributed by atoms with Crippen molar-refractivity contribution in [1.29, 1.82) is 0 Å². The summed E-state index contributed by atoms with van der Waals surface area (Å²) in [6.45, 7) is 2.45. The van der Waals surface area contributed by atoms with Gasteiger partial charge >= 0.3 is 0 Å². The Kier molecular flexibility index (Phi) is 18.0. The maximum absolute atomic E-state index is 13.6. The van der Waals surface area contributed by atoms with Crippen LogP contribution in [0.2, 0.25) is 0 Å². The molecule has 93 heavy (non-hydrogen) atoms. The van der Waals surface area contributed by atoms with E-state index in [2.05, 4.69) is 114 Å². The normalized spacial score (nSPS) is 39.2. The zero-order valence-corrected chi connectivity index (χ0v) is 55.9. The predicted molar refractivity (Wildman–Crippen MR) is 368 cm³/mol. The highest BCUT2D eigenvalue weighted by atomic mass is 33.1. The van der Waals surface area contributed by atoms with Gasteiger partial charge in [0.2, 0.25) is 0 Å². The number of aromatic hydroxyl groups is 1. The Bertz CT molecular complexity index is 3550. The number of rotatable bonds is 10. The van der Waals surface area contributed by atoms with Crippen LogP contribution in [0, 0.1) is 86.8 Å². The number of phenols is 1. The van der Waals surface area contributed by atoms with Gasteiger partial charge in [-0.25, -0.2) is 0 Å². The summed E-state index contributed by atoms with van der Waals surface area (Å²) in [5.41, 5.74) is 16.4. The maximum Gasteiger partial charge on any atom is 0.161 e. The van der Waals surface area contributed by atoms with Gasteiger partial charge in [-0.1, -0.05) is 144 Å². The van der Waals surface area contributed by atoms with Crippen molar-refractivity contribution in [3.05, 3.63) is 165 Å². The summed E-state index contributed by atoms with van der Waals surface area (Å²) in [7, 11) is 3.27. The van der Waals surface area contributed by atoms with Gasteiger partial charge in [0.15, 0.2) is 11.5 Å². The summed E-state index contributed by atoms with van der Waals surface area (Å²) in [6.07, 6.45) is 23.6. The standard InChI is InChI=1S/C79H99N3O9S2/c1-2-47-34-52-38-66(87)69(91-70-39-53(35-55-16-10-30-81-55)56-23-31-82-75(80)61(56)46-93-92-45-54(44-84)73(70)89)41-58(52)59-40-67(88)72-50(36-57(47)59)21-28-77-43-60(48-12-4-3-5-13-48)63-37-49-14-6-7-15-51(49)42-78(27-11-26-76(78)24-8-9-25-76)71-20-18-65(86)74(77)79(63,71)29-22-62(77)64(85)17-19-68(72)90-33-32-83/h3-7,10,12-16,22-23,29-30,36,38,41,47,50,53-54,59-60,62-65,67-68,70-74,81-89H,2,8-9,11,17-20,24-27,31-35,37,39-40,42-46,80H2,1H3. The van der Waals surface area contributed by atoms with E-state index in [4.69, 9.17) is 15.2 Å². The number of nitrogens with two attached hydrogens (primary N) is 1. The summed E-state index contributed by atoms with van der Waals surface area (Å²) in [6, 6.07) is 28.5. The molecule has 2 aliphatic heterocycles. The number of H-pyrrole nitrogens is 1. The minimum atomic E-state index is -1.09. The second kappa shape index (κ2) is 26.2. The van der Waals surface area contributed by atoms with Crippen LogP contribution in [0.4, 0.5) is 0 Å². The Morgan fingerprint density at radius 1 is 0.806 bits per heavy atom. The van der Waals surface area contributed by atoms with Gasteiger partial charge in [0.1, 0.15) is 11.9 Å². The molecule has 1 saturated heterocycles. The molecule has 496 valence electrons. The number of phenolic OH excluding ortho intramolecular Hbond substituents is 1. The van der Waals surface area contributed by atoms with Gasteiger partial charge in [-0.2, -0.15) is 0 Å². The fourth-order valence-corrected chi connectivity index (χ4v) is 25.2. The monoisotopic (exact) mass is 1300 g/mol. The van der Waals surface area contributed by atoms with Crippen LogP contribution in [0.15, 0.2) is 132 Å². The van der Waals surface area contributed by atoms with Crippen molar-refractivity contribution in [1.82, 2.24) is 10.3 Å². The first kappa shape index (κ1) is 64.1. The van der Waals surface area contributed by atoms with Crippen molar-refractivity contribution < 1.29 is 45.2 Å². The molecule has 15 rings (SSSR count). The number of nitrogens with one attached hydrogen (secondary N) is 2. The smallest absolute Gasteiger partial charge is 0.161 e. The average Bonchev–Trinajstić information content (AvgIpc) is 1.49. The molecule has 0 radical (unpaired) electrons. The lowest BCUT2D eigenvalue weighted by Crippen LogP contribution is -2.70. The number of ether oxygens (including phenoxy) is 2. The number of fused-ring (bicyclic) bond motifs is 8. The molecule has 2 bridgehead atoms. The second-order valence-corrected chi connectivity index (χ2v) is 33.0. The van der Waals surface area contributed by atoms with E-state index >= 15 is 0 Å². The van der Waals surface area contributed by atoms with E-state index in [0.29, 0.717) is 81.2 Å². The fourth-order valence-electron chi connectivity index (χ4n) is 22.7. The van der Waals surface area contributed by atoms with Crippen LogP contribution in [0.1, 0.15) is 149 Å². The van der Waals surface area contributed by atoms with Crippen molar-refractivity contribution >= 4 is 21.6 Å². The van der Waals surface area contributed by atoms with E-state index in [1.165, 1.54) is 67.2 Å². The van der Waals surface area contributed by atoms with Gasteiger partial charge in [0.05, 0.1) is 43.7 Å². The molecule has 20 atom stereocenters. The van der Waals surface area contributed by atoms with E-state index < -0.39 is 65.2 Å². The highest BCUT2D eigenvalue weighted by Crippen LogP contribution is 2.79. The summed E-state index contributed by atoms with van der Waals surface area (Å²) >= 11 is 0. The van der Waals surface area contributed by atoms with Gasteiger partial charge in [-0.05, 0) is 201 Å². The molecular weight excluding hydrogens is 1200 g/mol. The summed E-state index contributed by atoms with van der Waals surface area (Å²) < 4.78 is 13.9. The predicted octanol–water partition coefficient (Wildman–Crippen LogP) is 11.8. The van der Waals surface area contributed by atoms with E-state index in [0.717, 1.165) is 53.7 Å². The van der Waals surface area contributed by atoms with Gasteiger partial charge < -0.3 is 61.3 Å². The molecule has 4 saturated carbocycles. The maximum atomic E-state index is 13.6. The first-order chi connectivity index (χ1) is 45.3. The van der Waals surface area contributed by atoms with Gasteiger partial charge in [0.25, 0.3) is 0 Å². The molecule has 12 nitrogen and oxygen atoms in total. The lowest BCUT2D eigenvalue weighted by molar-refractivity contribution is -0.219. The number of hydrogen-bond acceptors (Lipinski definition) is 13. The molecule has 11 N–H and O–H groups in total. The number of aliphatic hydroxyl groups is 6. The fraction of sp³-hybridized carbons (Fsp3) is 0.595. The zero-order chi connectivity index (χ0) is 63.8. The van der Waals surface area contributed by atoms with E-state index in [1.54, 1.807) is 21.6 Å². The Labute approximate surface area is 558 Å². The third-order valence-electron chi connectivity index (χ3n) is 26.5. The molecule has 1 aromatic heterocycles. The molecule has 5 fully saturated rings. The van der Waals surface area contributed by atoms with E-state index in [-0.39, 0.29) is 83.6 Å². The van der Waals surface area contributed by atoms with Crippen molar-refractivity contribution in [3.63, 3.8) is 0 Å². The Balaban J connectivity index is 0.868. The van der Waals surface area contributed by atoms with E-state index in [9.17, 15) is 35.7 Å². The molecule has 14 heteroatoms. The molecule has 4 aromatic rings. The van der Waals surface area contributed by atoms with Crippen LogP contribution in [-0.4, -0.2) is 115 Å². The van der Waals surface area contributed by atoms with Gasteiger partial charge in [-0.3, -0.25) is 0 Å². The van der Waals surface area contributed by atoms with Crippen LogP contribution < -0.4 is 15.8 Å². The zero-order valence-electron chi connectivity index (χ0n) is 54.2. The number of allylic oxidation sites excluding steroid dienone is 4. The van der Waals surface area contributed by atoms with Crippen molar-refractivity contribution in [2.45, 2.75) is 177 Å². The lowest BCUT2D eigenvalue weighted by atomic mass is 9.31. The van der Waals surface area contributed by atoms with E-state index in [1.807, 2.05) is 24.4 Å². The quantitative estimate of drug-likeness (QED) is 0.0407. The molecule has 20 unspecified atom stereocenters. The number of dihydropyridines is 1. The molecule has 0 amide bonds. The SMILES string of the molecule is CCC1Cc2cc(O)c(OC3CC(Cc4ccc[nH]4)C4=CCNC(N)=C4CSSCC(CO)C3O)cc2C2CC(O)C3C(C#CC45CC(c6ccccc6)C6Cc7ccccc7CC7(CCCC78CCCC8)C7CCC(O)C4C67C=CC5C(O)CCC3OCCO)C=C12. The van der Waals surface area contributed by atoms with Crippen LogP contribution >= 0.6 is 21.6 Å². The minimum absolute atomic E-state index is 0.0189. The number of aromatic amines is 1. The third kappa shape index (κ3) is 10.9. The number of hydrogen-bond donors (Lipinski definition) is 10. The van der Waals surface area contributed by atoms with Crippen LogP contribution in [0.25, 0.3) is 0 Å². The summed E-state index contributed by atoms with van der Waals surface area (Å²) in [4.78, 5) is 3.41. The second-order valence-electron chi connectivity index (χ2n) is 30.5. The summed E-state index contributed by atoms with van der Waals surface area (Å²) in [5.74, 6) is 8.45. The highest BCUT2D eigenvalue weighted by Gasteiger charge is 2.75. The number of aromatic nitrogens is 1. The third-order valence-corrected chi connectivity index (χ3v) is 28.9. The Morgan fingerprint density at radius 2 is 1.61 bits per heavy atom. The molecule has 11 aliphatic rings. The molecular formula is C79H99N3O9S2.